The number of rotatable bonds is 2. The molecule has 0 fully saturated rings. The van der Waals surface area contributed by atoms with Gasteiger partial charge in [-0.3, -0.25) is 4.79 Å². The zero-order chi connectivity index (χ0) is 7.28. The fourth-order valence-corrected chi connectivity index (χ4v) is 0.200. The minimum Gasteiger partial charge on any atom is -0.859 e. The van der Waals surface area contributed by atoms with Crippen LogP contribution in [0.4, 0.5) is 0 Å². The summed E-state index contributed by atoms with van der Waals surface area (Å²) in [5.41, 5.74) is 0. The van der Waals surface area contributed by atoms with Crippen LogP contribution in [0.5, 0.6) is 0 Å². The molecule has 0 unspecified atom stereocenters. The van der Waals surface area contributed by atoms with E-state index in [1.807, 2.05) is 0 Å². The molecule has 0 spiro atoms. The van der Waals surface area contributed by atoms with Gasteiger partial charge >= 0.3 is 0 Å². The van der Waals surface area contributed by atoms with Crippen molar-refractivity contribution in [2.75, 3.05) is 0 Å². The van der Waals surface area contributed by atoms with Crippen LogP contribution in [0.3, 0.4) is 0 Å². The van der Waals surface area contributed by atoms with Crippen molar-refractivity contribution in [2.45, 2.75) is 0 Å². The van der Waals surface area contributed by atoms with Gasteiger partial charge in [0, 0.05) is 0 Å². The molecule has 0 N–H and O–H groups in total. The maximum Gasteiger partial charge on any atom is 0.268 e. The molecule has 0 bridgehead atoms. The maximum absolute atomic E-state index is 10.2. The van der Waals surface area contributed by atoms with E-state index in [-0.39, 0.29) is 0 Å². The zero-order valence-electron chi connectivity index (χ0n) is 4.83. The van der Waals surface area contributed by atoms with Crippen LogP contribution >= 0.6 is 0 Å². The molecule has 0 heterocycles. The molecule has 0 aliphatic carbocycles. The van der Waals surface area contributed by atoms with Gasteiger partial charge in [0.2, 0.25) is 0 Å². The summed E-state index contributed by atoms with van der Waals surface area (Å²) >= 11 is 0. The summed E-state index contributed by atoms with van der Waals surface area (Å²) in [5.74, 6) is -1.28. The highest BCUT2D eigenvalue weighted by Gasteiger charge is 1.83. The van der Waals surface area contributed by atoms with Gasteiger partial charge in [-0.1, -0.05) is 19.2 Å². The number of carbonyl (C=O) groups is 1. The summed E-state index contributed by atoms with van der Waals surface area (Å²) in [5, 5.41) is 10.2. The number of nitrogens with zero attached hydrogens (tertiary/aromatic N) is 1. The quantitative estimate of drug-likeness (QED) is 0.287. The van der Waals surface area contributed by atoms with Crippen LogP contribution in [0.2, 0.25) is 0 Å². The Morgan fingerprint density at radius 3 is 2.33 bits per heavy atom. The van der Waals surface area contributed by atoms with Crippen molar-refractivity contribution in [3.8, 4) is 0 Å². The van der Waals surface area contributed by atoms with Crippen molar-refractivity contribution >= 4 is 11.8 Å². The Bertz CT molecular complexity index is 170. The fourth-order valence-electron chi connectivity index (χ4n) is 0.200. The molecule has 3 heteroatoms. The molecule has 0 radical (unpaired) electrons. The van der Waals surface area contributed by atoms with E-state index in [0.717, 1.165) is 12.2 Å². The molecular formula is C6H6NO2-. The van der Waals surface area contributed by atoms with Crippen LogP contribution in [-0.2, 0) is 4.79 Å². The largest absolute Gasteiger partial charge is 0.859 e. The molecule has 0 aromatic rings. The number of carbonyl (C=O) groups excluding carboxylic acids is 1. The van der Waals surface area contributed by atoms with Crippen LogP contribution in [0.15, 0.2) is 30.3 Å². The van der Waals surface area contributed by atoms with Gasteiger partial charge in [0.15, 0.2) is 0 Å². The topological polar surface area (TPSA) is 52.5 Å². The van der Waals surface area contributed by atoms with E-state index in [2.05, 4.69) is 18.2 Å². The molecular weight excluding hydrogens is 118 g/mol. The first-order valence-corrected chi connectivity index (χ1v) is 2.25. The van der Waals surface area contributed by atoms with Gasteiger partial charge in [0.05, 0.1) is 0 Å². The lowest BCUT2D eigenvalue weighted by Gasteiger charge is -1.98. The summed E-state index contributed by atoms with van der Waals surface area (Å²) in [6.45, 7) is 6.24. The lowest BCUT2D eigenvalue weighted by molar-refractivity contribution is -0.212. The van der Waals surface area contributed by atoms with Crippen molar-refractivity contribution in [3.05, 3.63) is 25.3 Å². The van der Waals surface area contributed by atoms with E-state index in [1.54, 1.807) is 0 Å². The molecule has 0 aliphatic rings. The van der Waals surface area contributed by atoms with Crippen LogP contribution in [-0.4, -0.2) is 11.8 Å². The molecule has 48 valence electrons. The van der Waals surface area contributed by atoms with Crippen molar-refractivity contribution in [2.24, 2.45) is 4.99 Å². The molecule has 0 atom stereocenters. The molecule has 0 saturated carbocycles. The molecule has 0 saturated heterocycles. The molecule has 9 heavy (non-hydrogen) atoms. The van der Waals surface area contributed by atoms with Gasteiger partial charge in [-0.15, -0.1) is 0 Å². The van der Waals surface area contributed by atoms with Crippen molar-refractivity contribution in [3.63, 3.8) is 0 Å². The minimum absolute atomic E-state index is 0.639. The molecule has 1 amide bonds. The van der Waals surface area contributed by atoms with Crippen molar-refractivity contribution < 1.29 is 9.90 Å². The summed E-state index contributed by atoms with van der Waals surface area (Å²) in [4.78, 5) is 13.2. The highest BCUT2D eigenvalue weighted by atomic mass is 16.3. The minimum atomic E-state index is -0.639. The van der Waals surface area contributed by atoms with Gasteiger partial charge < -0.3 is 5.11 Å². The van der Waals surface area contributed by atoms with E-state index in [0.29, 0.717) is 0 Å². The molecule has 0 aliphatic heterocycles. The Hall–Kier alpha value is -1.38. The molecule has 3 nitrogen and oxygen atoms in total. The van der Waals surface area contributed by atoms with Crippen molar-refractivity contribution in [1.29, 1.82) is 0 Å². The Balaban J connectivity index is 4.10. The third kappa shape index (κ3) is 3.22. The van der Waals surface area contributed by atoms with E-state index in [1.165, 1.54) is 0 Å². The third-order valence-corrected chi connectivity index (χ3v) is 0.570. The summed E-state index contributed by atoms with van der Waals surface area (Å²) < 4.78 is 0. The summed E-state index contributed by atoms with van der Waals surface area (Å²) in [6, 6.07) is 0. The van der Waals surface area contributed by atoms with Gasteiger partial charge in [-0.25, -0.2) is 4.99 Å². The van der Waals surface area contributed by atoms with Gasteiger partial charge in [-0.2, -0.15) is 0 Å². The van der Waals surface area contributed by atoms with Crippen molar-refractivity contribution in [1.82, 2.24) is 0 Å². The van der Waals surface area contributed by atoms with Gasteiger partial charge in [0.25, 0.3) is 5.91 Å². The highest BCUT2D eigenvalue weighted by molar-refractivity contribution is 5.99. The van der Waals surface area contributed by atoms with E-state index in [9.17, 15) is 9.90 Å². The first kappa shape index (κ1) is 7.62. The second-order valence-corrected chi connectivity index (χ2v) is 1.20. The maximum atomic E-state index is 10.2. The third-order valence-electron chi connectivity index (χ3n) is 0.570. The number of amides is 1. The predicted octanol–water partition coefficient (Wildman–Crippen LogP) is -0.356. The Morgan fingerprint density at radius 1 is 1.44 bits per heavy atom. The van der Waals surface area contributed by atoms with Crippen LogP contribution in [0, 0.1) is 0 Å². The Labute approximate surface area is 53.0 Å². The number of hydrogen-bond donors (Lipinski definition) is 0. The van der Waals surface area contributed by atoms with Gasteiger partial charge in [0.1, 0.15) is 0 Å². The second kappa shape index (κ2) is 3.60. The van der Waals surface area contributed by atoms with E-state index < -0.39 is 11.8 Å². The summed E-state index contributed by atoms with van der Waals surface area (Å²) in [7, 11) is 0. The first-order valence-electron chi connectivity index (χ1n) is 2.25. The second-order valence-electron chi connectivity index (χ2n) is 1.20. The zero-order valence-corrected chi connectivity index (χ0v) is 4.83. The monoisotopic (exact) mass is 124 g/mol. The Kier molecular flexibility index (Phi) is 3.05. The van der Waals surface area contributed by atoms with Crippen LogP contribution < -0.4 is 5.11 Å². The lowest BCUT2D eigenvalue weighted by atomic mass is 10.6. The average Bonchev–Trinajstić information content (AvgIpc) is 1.87. The lowest BCUT2D eigenvalue weighted by Crippen LogP contribution is -2.15. The molecule has 0 aromatic heterocycles. The fraction of sp³-hybridized carbons (Fsp3) is 0. The van der Waals surface area contributed by atoms with Gasteiger partial charge in [-0.05, 0) is 12.0 Å². The van der Waals surface area contributed by atoms with Crippen LogP contribution in [0.1, 0.15) is 0 Å². The predicted molar refractivity (Wildman–Crippen MR) is 32.8 cm³/mol. The highest BCUT2D eigenvalue weighted by Crippen LogP contribution is 1.75. The van der Waals surface area contributed by atoms with Crippen LogP contribution in [0.25, 0.3) is 0 Å². The van der Waals surface area contributed by atoms with E-state index >= 15 is 0 Å². The SMILES string of the molecule is C=CC(=O)N=C([O-])C=C. The molecule has 0 rings (SSSR count). The summed E-state index contributed by atoms with van der Waals surface area (Å²) in [6.07, 6.45) is 1.92. The average molecular weight is 124 g/mol. The van der Waals surface area contributed by atoms with E-state index in [4.69, 9.17) is 0 Å². The molecule has 0 aromatic carbocycles. The standard InChI is InChI=1S/C6H7NO2/c1-3-5(8)7-6(9)4-2/h3-4H,1-2H2,(H,7,8,9)/p-1. The number of hydrogen-bond acceptors (Lipinski definition) is 2. The smallest absolute Gasteiger partial charge is 0.268 e. The first-order chi connectivity index (χ1) is 4.20. The Morgan fingerprint density at radius 2 is 2.00 bits per heavy atom. The number of aliphatic imine (C=N–C) groups is 1. The normalized spacial score (nSPS) is 10.4.